The van der Waals surface area contributed by atoms with E-state index in [4.69, 9.17) is 11.6 Å². The molecule has 0 aliphatic heterocycles. The second-order valence-electron chi connectivity index (χ2n) is 5.22. The molecule has 1 heterocycles. The van der Waals surface area contributed by atoms with Crippen LogP contribution in [0.15, 0.2) is 53.6 Å². The number of aryl methyl sites for hydroxylation is 2. The van der Waals surface area contributed by atoms with Crippen LogP contribution in [0.1, 0.15) is 16.8 Å². The van der Waals surface area contributed by atoms with Crippen LogP contribution in [0.3, 0.4) is 0 Å². The minimum atomic E-state index is 0.680. The van der Waals surface area contributed by atoms with Gasteiger partial charge in [-0.3, -0.25) is 10.4 Å². The van der Waals surface area contributed by atoms with Gasteiger partial charge in [-0.25, -0.2) is 0 Å². The standard InChI is InChI=1S/C18H16ClN3/c1-12-7-8-17-15(9-12)18(10-13(2)21-17)22-20-11-14-5-3-4-6-16(14)19/h3-11H,1-2H3,(H,21,22)/b20-11+. The molecule has 3 nitrogen and oxygen atoms in total. The SMILES string of the molecule is Cc1ccc2nc(C)cc(N/N=C/c3ccccc3Cl)c2c1. The molecule has 0 unspecified atom stereocenters. The number of aromatic nitrogens is 1. The molecule has 0 radical (unpaired) electrons. The van der Waals surface area contributed by atoms with E-state index in [0.717, 1.165) is 27.8 Å². The topological polar surface area (TPSA) is 37.3 Å². The first-order valence-corrected chi connectivity index (χ1v) is 7.43. The van der Waals surface area contributed by atoms with Gasteiger partial charge in [-0.15, -0.1) is 0 Å². The van der Waals surface area contributed by atoms with Gasteiger partial charge in [0, 0.05) is 21.7 Å². The number of pyridine rings is 1. The summed E-state index contributed by atoms with van der Waals surface area (Å²) in [5, 5.41) is 6.04. The monoisotopic (exact) mass is 309 g/mol. The molecule has 2 aromatic carbocycles. The van der Waals surface area contributed by atoms with E-state index in [1.165, 1.54) is 5.56 Å². The number of hydrogen-bond acceptors (Lipinski definition) is 3. The summed E-state index contributed by atoms with van der Waals surface area (Å²) in [6, 6.07) is 15.8. The third kappa shape index (κ3) is 3.10. The molecule has 0 saturated carbocycles. The van der Waals surface area contributed by atoms with Gasteiger partial charge in [-0.1, -0.05) is 41.4 Å². The first-order chi connectivity index (χ1) is 10.6. The zero-order chi connectivity index (χ0) is 15.5. The van der Waals surface area contributed by atoms with Crippen molar-refractivity contribution in [1.82, 2.24) is 4.98 Å². The van der Waals surface area contributed by atoms with Crippen molar-refractivity contribution in [3.8, 4) is 0 Å². The molecule has 110 valence electrons. The van der Waals surface area contributed by atoms with Crippen LogP contribution in [0.25, 0.3) is 10.9 Å². The number of anilines is 1. The fraction of sp³-hybridized carbons (Fsp3) is 0.111. The highest BCUT2D eigenvalue weighted by molar-refractivity contribution is 6.33. The van der Waals surface area contributed by atoms with Gasteiger partial charge in [0.2, 0.25) is 0 Å². The highest BCUT2D eigenvalue weighted by Crippen LogP contribution is 2.24. The highest BCUT2D eigenvalue weighted by atomic mass is 35.5. The molecule has 0 amide bonds. The summed E-state index contributed by atoms with van der Waals surface area (Å²) < 4.78 is 0. The molecule has 0 bridgehead atoms. The summed E-state index contributed by atoms with van der Waals surface area (Å²) in [5.41, 5.74) is 8.02. The van der Waals surface area contributed by atoms with Crippen LogP contribution in [0.5, 0.6) is 0 Å². The average Bonchev–Trinajstić information content (AvgIpc) is 2.50. The highest BCUT2D eigenvalue weighted by Gasteiger charge is 2.03. The van der Waals surface area contributed by atoms with E-state index in [1.54, 1.807) is 6.21 Å². The molecule has 4 heteroatoms. The van der Waals surface area contributed by atoms with E-state index in [1.807, 2.05) is 43.3 Å². The Hall–Kier alpha value is -2.39. The number of halogens is 1. The average molecular weight is 310 g/mol. The molecule has 0 aliphatic carbocycles. The van der Waals surface area contributed by atoms with E-state index in [9.17, 15) is 0 Å². The van der Waals surface area contributed by atoms with Crippen LogP contribution in [0.2, 0.25) is 5.02 Å². The van der Waals surface area contributed by atoms with Crippen molar-refractivity contribution in [2.75, 3.05) is 5.43 Å². The third-order valence-corrected chi connectivity index (χ3v) is 3.73. The Balaban J connectivity index is 1.94. The fourth-order valence-corrected chi connectivity index (χ4v) is 2.50. The quantitative estimate of drug-likeness (QED) is 0.549. The van der Waals surface area contributed by atoms with Gasteiger partial charge in [0.25, 0.3) is 0 Å². The number of hydrogen-bond donors (Lipinski definition) is 1. The van der Waals surface area contributed by atoms with E-state index >= 15 is 0 Å². The Labute approximate surface area is 134 Å². The molecule has 1 N–H and O–H groups in total. The van der Waals surface area contributed by atoms with Crippen molar-refractivity contribution in [3.63, 3.8) is 0 Å². The number of nitrogens with one attached hydrogen (secondary N) is 1. The maximum Gasteiger partial charge on any atom is 0.0726 e. The fourth-order valence-electron chi connectivity index (χ4n) is 2.32. The van der Waals surface area contributed by atoms with Crippen LogP contribution >= 0.6 is 11.6 Å². The minimum Gasteiger partial charge on any atom is -0.278 e. The third-order valence-electron chi connectivity index (χ3n) is 3.39. The number of nitrogens with zero attached hydrogens (tertiary/aromatic N) is 2. The van der Waals surface area contributed by atoms with E-state index < -0.39 is 0 Å². The number of benzene rings is 2. The van der Waals surface area contributed by atoms with Gasteiger partial charge in [-0.2, -0.15) is 5.10 Å². The van der Waals surface area contributed by atoms with Gasteiger partial charge in [0.1, 0.15) is 0 Å². The maximum absolute atomic E-state index is 6.12. The van der Waals surface area contributed by atoms with E-state index in [0.29, 0.717) is 5.02 Å². The molecule has 22 heavy (non-hydrogen) atoms. The molecule has 0 fully saturated rings. The molecule has 0 aliphatic rings. The Kier molecular flexibility index (Phi) is 4.07. The normalized spacial score (nSPS) is 11.2. The minimum absolute atomic E-state index is 0.680. The van der Waals surface area contributed by atoms with Gasteiger partial charge < -0.3 is 0 Å². The van der Waals surface area contributed by atoms with Crippen molar-refractivity contribution in [1.29, 1.82) is 0 Å². The number of fused-ring (bicyclic) bond motifs is 1. The molecular formula is C18H16ClN3. The molecule has 3 aromatic rings. The summed E-state index contributed by atoms with van der Waals surface area (Å²) >= 11 is 6.12. The molecule has 3 rings (SSSR count). The first-order valence-electron chi connectivity index (χ1n) is 7.05. The van der Waals surface area contributed by atoms with Gasteiger partial charge in [-0.05, 0) is 38.1 Å². The van der Waals surface area contributed by atoms with Crippen molar-refractivity contribution < 1.29 is 0 Å². The Morgan fingerprint density at radius 3 is 2.73 bits per heavy atom. The van der Waals surface area contributed by atoms with E-state index in [2.05, 4.69) is 34.6 Å². The lowest BCUT2D eigenvalue weighted by Crippen LogP contribution is -1.95. The first kappa shape index (κ1) is 14.5. The second-order valence-corrected chi connectivity index (χ2v) is 5.63. The smallest absolute Gasteiger partial charge is 0.0726 e. The molecular weight excluding hydrogens is 294 g/mol. The lowest BCUT2D eigenvalue weighted by molar-refractivity contribution is 1.24. The predicted molar refractivity (Wildman–Crippen MR) is 93.9 cm³/mol. The predicted octanol–water partition coefficient (Wildman–Crippen LogP) is 4.95. The number of rotatable bonds is 3. The number of hydrazone groups is 1. The zero-order valence-corrected chi connectivity index (χ0v) is 13.2. The van der Waals surface area contributed by atoms with Gasteiger partial charge in [0.15, 0.2) is 0 Å². The summed E-state index contributed by atoms with van der Waals surface area (Å²) in [4.78, 5) is 4.54. The van der Waals surface area contributed by atoms with Crippen molar-refractivity contribution in [2.24, 2.45) is 5.10 Å². The second kappa shape index (κ2) is 6.16. The van der Waals surface area contributed by atoms with Crippen LogP contribution in [-0.4, -0.2) is 11.2 Å². The van der Waals surface area contributed by atoms with Crippen molar-refractivity contribution in [3.05, 3.63) is 70.4 Å². The Morgan fingerprint density at radius 1 is 1.09 bits per heavy atom. The molecule has 0 atom stereocenters. The summed E-state index contributed by atoms with van der Waals surface area (Å²) in [6.07, 6.45) is 1.72. The maximum atomic E-state index is 6.12. The summed E-state index contributed by atoms with van der Waals surface area (Å²) in [7, 11) is 0. The lowest BCUT2D eigenvalue weighted by atomic mass is 10.1. The lowest BCUT2D eigenvalue weighted by Gasteiger charge is -2.08. The van der Waals surface area contributed by atoms with Crippen LogP contribution < -0.4 is 5.43 Å². The largest absolute Gasteiger partial charge is 0.278 e. The van der Waals surface area contributed by atoms with Crippen molar-refractivity contribution >= 4 is 34.4 Å². The molecule has 1 aromatic heterocycles. The zero-order valence-electron chi connectivity index (χ0n) is 12.5. The van der Waals surface area contributed by atoms with Gasteiger partial charge >= 0.3 is 0 Å². The summed E-state index contributed by atoms with van der Waals surface area (Å²) in [5.74, 6) is 0. The van der Waals surface area contributed by atoms with Gasteiger partial charge in [0.05, 0.1) is 17.4 Å². The Morgan fingerprint density at radius 2 is 1.91 bits per heavy atom. The molecule has 0 spiro atoms. The summed E-state index contributed by atoms with van der Waals surface area (Å²) in [6.45, 7) is 4.04. The van der Waals surface area contributed by atoms with E-state index in [-0.39, 0.29) is 0 Å². The van der Waals surface area contributed by atoms with Crippen LogP contribution in [-0.2, 0) is 0 Å². The van der Waals surface area contributed by atoms with Crippen LogP contribution in [0, 0.1) is 13.8 Å². The van der Waals surface area contributed by atoms with Crippen LogP contribution in [0.4, 0.5) is 5.69 Å². The van der Waals surface area contributed by atoms with Crippen molar-refractivity contribution in [2.45, 2.75) is 13.8 Å². The Bertz CT molecular complexity index is 856. The molecule has 0 saturated heterocycles.